The van der Waals surface area contributed by atoms with Gasteiger partial charge in [-0.25, -0.2) is 0 Å². The molecule has 0 aromatic carbocycles. The monoisotopic (exact) mass is 310 g/mol. The summed E-state index contributed by atoms with van der Waals surface area (Å²) >= 11 is 0. The van der Waals surface area contributed by atoms with Crippen LogP contribution in [0.15, 0.2) is 0 Å². The van der Waals surface area contributed by atoms with Crippen molar-refractivity contribution in [3.63, 3.8) is 0 Å². The molecule has 0 aliphatic carbocycles. The summed E-state index contributed by atoms with van der Waals surface area (Å²) in [4.78, 5) is 0. The lowest BCUT2D eigenvalue weighted by Gasteiger charge is -2.44. The van der Waals surface area contributed by atoms with Gasteiger partial charge in [-0.3, -0.25) is 0 Å². The molecule has 0 spiro atoms. The third-order valence-corrected chi connectivity index (χ3v) is 3.90. The van der Waals surface area contributed by atoms with Gasteiger partial charge in [-0.15, -0.1) is 0 Å². The Kier molecular flexibility index (Phi) is 5.19. The Morgan fingerprint density at radius 1 is 0.667 bits per heavy atom. The third-order valence-electron chi connectivity index (χ3n) is 3.90. The first-order valence-electron chi connectivity index (χ1n) is 6.78. The van der Waals surface area contributed by atoms with Gasteiger partial charge in [0, 0.05) is 0 Å². The average molecular weight is 310 g/mol. The highest BCUT2D eigenvalue weighted by Gasteiger charge is 2.48. The van der Waals surface area contributed by atoms with Crippen LogP contribution in [0.3, 0.4) is 0 Å². The van der Waals surface area contributed by atoms with E-state index in [0.717, 1.165) is 0 Å². The number of aliphatic hydroxyl groups is 6. The predicted octanol–water partition coefficient (Wildman–Crippen LogP) is -3.34. The summed E-state index contributed by atoms with van der Waals surface area (Å²) in [5, 5.41) is 58.5. The van der Waals surface area contributed by atoms with Crippen LogP contribution in [0.2, 0.25) is 0 Å². The van der Waals surface area contributed by atoms with Crippen molar-refractivity contribution in [1.82, 2.24) is 0 Å². The first kappa shape index (κ1) is 17.0. The van der Waals surface area contributed by atoms with Gasteiger partial charge in [0.2, 0.25) is 0 Å². The number of aliphatic hydroxyl groups excluding tert-OH is 6. The van der Waals surface area contributed by atoms with Crippen molar-refractivity contribution in [2.75, 3.05) is 0 Å². The van der Waals surface area contributed by atoms with Crippen LogP contribution < -0.4 is 0 Å². The van der Waals surface area contributed by atoms with Crippen LogP contribution in [-0.4, -0.2) is 92.1 Å². The summed E-state index contributed by atoms with van der Waals surface area (Å²) in [7, 11) is 0. The molecule has 6 N–H and O–H groups in total. The maximum Gasteiger partial charge on any atom is 0.187 e. The fraction of sp³-hybridized carbons (Fsp3) is 1.00. The zero-order valence-electron chi connectivity index (χ0n) is 11.7. The molecule has 0 amide bonds. The molecule has 2 saturated heterocycles. The molecule has 10 unspecified atom stereocenters. The van der Waals surface area contributed by atoms with Crippen LogP contribution in [0.25, 0.3) is 0 Å². The number of ether oxygens (including phenoxy) is 3. The molecule has 0 saturated carbocycles. The van der Waals surface area contributed by atoms with E-state index in [-0.39, 0.29) is 0 Å². The average Bonchev–Trinajstić information content (AvgIpc) is 2.44. The van der Waals surface area contributed by atoms with E-state index < -0.39 is 61.4 Å². The normalized spacial score (nSPS) is 55.4. The maximum atomic E-state index is 9.91. The Morgan fingerprint density at radius 2 is 1.19 bits per heavy atom. The van der Waals surface area contributed by atoms with Gasteiger partial charge in [-0.1, -0.05) is 0 Å². The first-order chi connectivity index (χ1) is 9.73. The zero-order chi connectivity index (χ0) is 15.9. The molecule has 21 heavy (non-hydrogen) atoms. The second kappa shape index (κ2) is 6.41. The van der Waals surface area contributed by atoms with Crippen LogP contribution in [0.5, 0.6) is 0 Å². The Labute approximate surface area is 121 Å². The van der Waals surface area contributed by atoms with Crippen molar-refractivity contribution in [2.45, 2.75) is 75.3 Å². The Balaban J connectivity index is 2.06. The van der Waals surface area contributed by atoms with Gasteiger partial charge < -0.3 is 44.8 Å². The highest BCUT2D eigenvalue weighted by atomic mass is 16.7. The molecular formula is C12H22O9. The van der Waals surface area contributed by atoms with E-state index in [1.807, 2.05) is 0 Å². The summed E-state index contributed by atoms with van der Waals surface area (Å²) < 4.78 is 15.5. The van der Waals surface area contributed by atoms with E-state index >= 15 is 0 Å². The van der Waals surface area contributed by atoms with Gasteiger partial charge in [0.1, 0.15) is 36.6 Å². The molecule has 9 nitrogen and oxygen atoms in total. The van der Waals surface area contributed by atoms with E-state index in [4.69, 9.17) is 14.2 Å². The van der Waals surface area contributed by atoms with E-state index in [2.05, 4.69) is 0 Å². The van der Waals surface area contributed by atoms with E-state index in [1.165, 1.54) is 13.8 Å². The summed E-state index contributed by atoms with van der Waals surface area (Å²) in [5.74, 6) is 0. The number of hydrogen-bond acceptors (Lipinski definition) is 9. The lowest BCUT2D eigenvalue weighted by molar-refractivity contribution is -0.356. The smallest absolute Gasteiger partial charge is 0.187 e. The molecule has 2 fully saturated rings. The molecule has 2 aliphatic rings. The fourth-order valence-corrected chi connectivity index (χ4v) is 2.45. The van der Waals surface area contributed by atoms with E-state index in [9.17, 15) is 30.6 Å². The van der Waals surface area contributed by atoms with Crippen LogP contribution in [0, 0.1) is 0 Å². The highest BCUT2D eigenvalue weighted by molar-refractivity contribution is 4.91. The first-order valence-corrected chi connectivity index (χ1v) is 6.78. The van der Waals surface area contributed by atoms with Gasteiger partial charge in [0.25, 0.3) is 0 Å². The van der Waals surface area contributed by atoms with E-state index in [0.29, 0.717) is 0 Å². The van der Waals surface area contributed by atoms with Crippen LogP contribution in [0.4, 0.5) is 0 Å². The van der Waals surface area contributed by atoms with Gasteiger partial charge in [0.05, 0.1) is 12.2 Å². The largest absolute Gasteiger partial charge is 0.388 e. The van der Waals surface area contributed by atoms with Crippen LogP contribution in [0.1, 0.15) is 13.8 Å². The fourth-order valence-electron chi connectivity index (χ4n) is 2.45. The second-order valence-electron chi connectivity index (χ2n) is 5.50. The molecular weight excluding hydrogens is 288 g/mol. The molecule has 2 aliphatic heterocycles. The molecule has 0 aromatic rings. The molecule has 9 heteroatoms. The highest BCUT2D eigenvalue weighted by Crippen LogP contribution is 2.28. The lowest BCUT2D eigenvalue weighted by atomic mass is 9.98. The van der Waals surface area contributed by atoms with Crippen molar-refractivity contribution in [2.24, 2.45) is 0 Å². The SMILES string of the molecule is CC1OC(OC2C(O)OC(C)C(O)C2O)C(O)C(O)C1O. The molecule has 0 radical (unpaired) electrons. The zero-order valence-corrected chi connectivity index (χ0v) is 11.7. The summed E-state index contributed by atoms with van der Waals surface area (Å²) in [6, 6.07) is 0. The Bertz CT molecular complexity index is 354. The van der Waals surface area contributed by atoms with Crippen LogP contribution >= 0.6 is 0 Å². The van der Waals surface area contributed by atoms with Gasteiger partial charge in [0.15, 0.2) is 12.6 Å². The maximum absolute atomic E-state index is 9.91. The predicted molar refractivity (Wildman–Crippen MR) is 65.8 cm³/mol. The van der Waals surface area contributed by atoms with Gasteiger partial charge in [-0.2, -0.15) is 0 Å². The third kappa shape index (κ3) is 3.21. The van der Waals surface area contributed by atoms with Crippen molar-refractivity contribution >= 4 is 0 Å². The quantitative estimate of drug-likeness (QED) is 0.308. The second-order valence-corrected chi connectivity index (χ2v) is 5.50. The Morgan fingerprint density at radius 3 is 1.81 bits per heavy atom. The van der Waals surface area contributed by atoms with Crippen molar-refractivity contribution in [1.29, 1.82) is 0 Å². The summed E-state index contributed by atoms with van der Waals surface area (Å²) in [5.41, 5.74) is 0. The minimum absolute atomic E-state index is 0.793. The van der Waals surface area contributed by atoms with Gasteiger partial charge >= 0.3 is 0 Å². The lowest BCUT2D eigenvalue weighted by Crippen LogP contribution is -2.62. The molecule has 124 valence electrons. The molecule has 0 aromatic heterocycles. The number of rotatable bonds is 2. The molecule has 2 heterocycles. The number of hydrogen-bond donors (Lipinski definition) is 6. The minimum atomic E-state index is -1.58. The van der Waals surface area contributed by atoms with E-state index in [1.54, 1.807) is 0 Å². The molecule has 0 bridgehead atoms. The van der Waals surface area contributed by atoms with Crippen molar-refractivity contribution in [3.8, 4) is 0 Å². The minimum Gasteiger partial charge on any atom is -0.388 e. The standard InChI is InChI=1S/C12H22O9/c1-3-6(14)8(16)10(11(18)19-3)21-12-9(17)7(15)5(13)4(2)20-12/h3-18H,1-2H3. The molecule has 2 rings (SSSR count). The van der Waals surface area contributed by atoms with Crippen LogP contribution in [-0.2, 0) is 14.2 Å². The summed E-state index contributed by atoms with van der Waals surface area (Å²) in [6.07, 6.45) is -13.0. The van der Waals surface area contributed by atoms with Gasteiger partial charge in [-0.05, 0) is 13.8 Å². The van der Waals surface area contributed by atoms with Crippen molar-refractivity contribution < 1.29 is 44.8 Å². The van der Waals surface area contributed by atoms with Crippen molar-refractivity contribution in [3.05, 3.63) is 0 Å². The topological polar surface area (TPSA) is 149 Å². The Hall–Kier alpha value is -0.360. The summed E-state index contributed by atoms with van der Waals surface area (Å²) in [6.45, 7) is 2.94. The molecule has 10 atom stereocenters.